The molecule has 136 valence electrons. The Bertz CT molecular complexity index is 1040. The molecule has 2 N–H and O–H groups in total. The van der Waals surface area contributed by atoms with Gasteiger partial charge >= 0.3 is 0 Å². The molecule has 0 saturated heterocycles. The highest BCUT2D eigenvalue weighted by Crippen LogP contribution is 2.26. The van der Waals surface area contributed by atoms with Crippen LogP contribution in [-0.4, -0.2) is 32.5 Å². The largest absolute Gasteiger partial charge is 0.497 e. The molecule has 27 heavy (non-hydrogen) atoms. The second-order valence-electron chi connectivity index (χ2n) is 6.08. The number of pyridine rings is 1. The van der Waals surface area contributed by atoms with Crippen molar-refractivity contribution in [1.29, 1.82) is 0 Å². The van der Waals surface area contributed by atoms with Gasteiger partial charge in [-0.15, -0.1) is 0 Å². The Labute approximate surface area is 156 Å². The molecule has 1 aromatic carbocycles. The Kier molecular flexibility index (Phi) is 4.57. The molecule has 0 spiro atoms. The van der Waals surface area contributed by atoms with Gasteiger partial charge in [-0.2, -0.15) is 0 Å². The highest BCUT2D eigenvalue weighted by Gasteiger charge is 2.11. The number of carbonyl (C=O) groups excluding carboxylic acids is 1. The molecule has 0 radical (unpaired) electrons. The van der Waals surface area contributed by atoms with Crippen molar-refractivity contribution in [2.45, 2.75) is 12.8 Å². The lowest BCUT2D eigenvalue weighted by Gasteiger charge is -2.13. The number of fused-ring (bicyclic) bond motifs is 1. The number of imidazole rings is 1. The van der Waals surface area contributed by atoms with Gasteiger partial charge in [0.1, 0.15) is 11.6 Å². The Morgan fingerprint density at radius 1 is 1.22 bits per heavy atom. The van der Waals surface area contributed by atoms with E-state index in [1.54, 1.807) is 13.3 Å². The molecular weight excluding hydrogens is 342 g/mol. The third-order valence-electron chi connectivity index (χ3n) is 4.26. The SMILES string of the molecule is COc1ccc(-n2cccc2)c(NC(=O)CCc2nc3ncccc3[nH]2)c1. The molecule has 0 aliphatic heterocycles. The molecule has 0 saturated carbocycles. The van der Waals surface area contributed by atoms with Gasteiger partial charge < -0.3 is 19.6 Å². The number of aryl methyl sites for hydroxylation is 1. The first-order valence-corrected chi connectivity index (χ1v) is 8.64. The van der Waals surface area contributed by atoms with Crippen molar-refractivity contribution in [2.24, 2.45) is 0 Å². The maximum absolute atomic E-state index is 12.5. The fraction of sp³-hybridized carbons (Fsp3) is 0.150. The van der Waals surface area contributed by atoms with Gasteiger partial charge in [-0.05, 0) is 36.4 Å². The first-order valence-electron chi connectivity index (χ1n) is 8.64. The van der Waals surface area contributed by atoms with Crippen molar-refractivity contribution >= 4 is 22.8 Å². The van der Waals surface area contributed by atoms with Crippen molar-refractivity contribution in [3.63, 3.8) is 0 Å². The Morgan fingerprint density at radius 3 is 2.85 bits per heavy atom. The lowest BCUT2D eigenvalue weighted by atomic mass is 10.2. The fourth-order valence-corrected chi connectivity index (χ4v) is 2.92. The third kappa shape index (κ3) is 3.67. The van der Waals surface area contributed by atoms with Gasteiger partial charge in [-0.25, -0.2) is 9.97 Å². The third-order valence-corrected chi connectivity index (χ3v) is 4.26. The molecule has 3 heterocycles. The molecule has 0 aliphatic rings. The van der Waals surface area contributed by atoms with E-state index >= 15 is 0 Å². The Morgan fingerprint density at radius 2 is 2.07 bits per heavy atom. The first kappa shape index (κ1) is 16.8. The van der Waals surface area contributed by atoms with Crippen molar-refractivity contribution in [3.8, 4) is 11.4 Å². The van der Waals surface area contributed by atoms with Crippen LogP contribution >= 0.6 is 0 Å². The van der Waals surface area contributed by atoms with Crippen LogP contribution in [0.25, 0.3) is 16.9 Å². The van der Waals surface area contributed by atoms with Gasteiger partial charge in [0, 0.05) is 37.5 Å². The van der Waals surface area contributed by atoms with Crippen LogP contribution in [0, 0.1) is 0 Å². The van der Waals surface area contributed by atoms with E-state index in [0.717, 1.165) is 17.0 Å². The van der Waals surface area contributed by atoms with Crippen LogP contribution < -0.4 is 10.1 Å². The maximum Gasteiger partial charge on any atom is 0.224 e. The Balaban J connectivity index is 1.48. The van der Waals surface area contributed by atoms with Gasteiger partial charge in [0.05, 0.1) is 24.0 Å². The molecule has 3 aromatic heterocycles. The average Bonchev–Trinajstić information content (AvgIpc) is 3.35. The number of anilines is 1. The second-order valence-corrected chi connectivity index (χ2v) is 6.08. The van der Waals surface area contributed by atoms with Crippen LogP contribution in [0.3, 0.4) is 0 Å². The van der Waals surface area contributed by atoms with E-state index in [9.17, 15) is 4.79 Å². The van der Waals surface area contributed by atoms with Crippen LogP contribution in [0.15, 0.2) is 61.1 Å². The lowest BCUT2D eigenvalue weighted by molar-refractivity contribution is -0.116. The molecule has 4 rings (SSSR count). The smallest absolute Gasteiger partial charge is 0.224 e. The fourth-order valence-electron chi connectivity index (χ4n) is 2.92. The lowest BCUT2D eigenvalue weighted by Crippen LogP contribution is -2.14. The molecule has 0 fully saturated rings. The predicted octanol–water partition coefficient (Wildman–Crippen LogP) is 3.33. The highest BCUT2D eigenvalue weighted by molar-refractivity contribution is 5.93. The van der Waals surface area contributed by atoms with Crippen LogP contribution in [0.5, 0.6) is 5.75 Å². The predicted molar refractivity (Wildman–Crippen MR) is 103 cm³/mol. The minimum atomic E-state index is -0.0925. The summed E-state index contributed by atoms with van der Waals surface area (Å²) in [5.74, 6) is 1.34. The van der Waals surface area contributed by atoms with Crippen molar-refractivity contribution in [2.75, 3.05) is 12.4 Å². The molecular formula is C20H19N5O2. The number of hydrogen-bond donors (Lipinski definition) is 2. The minimum absolute atomic E-state index is 0.0925. The molecule has 0 unspecified atom stereocenters. The van der Waals surface area contributed by atoms with E-state index < -0.39 is 0 Å². The number of H-pyrrole nitrogens is 1. The highest BCUT2D eigenvalue weighted by atomic mass is 16.5. The van der Waals surface area contributed by atoms with Crippen LogP contribution in [0.1, 0.15) is 12.2 Å². The number of aromatic nitrogens is 4. The van der Waals surface area contributed by atoms with Crippen molar-refractivity contribution in [1.82, 2.24) is 19.5 Å². The quantitative estimate of drug-likeness (QED) is 0.552. The average molecular weight is 361 g/mol. The zero-order chi connectivity index (χ0) is 18.6. The molecule has 1 amide bonds. The summed E-state index contributed by atoms with van der Waals surface area (Å²) in [6, 6.07) is 13.2. The molecule has 7 nitrogen and oxygen atoms in total. The van der Waals surface area contributed by atoms with Gasteiger partial charge in [0.2, 0.25) is 5.91 Å². The number of aromatic amines is 1. The number of hydrogen-bond acceptors (Lipinski definition) is 4. The number of benzene rings is 1. The summed E-state index contributed by atoms with van der Waals surface area (Å²) in [4.78, 5) is 24.3. The number of ether oxygens (including phenoxy) is 1. The Hall–Kier alpha value is -3.61. The van der Waals surface area contributed by atoms with E-state index in [2.05, 4.69) is 20.3 Å². The second kappa shape index (κ2) is 7.33. The molecule has 0 bridgehead atoms. The van der Waals surface area contributed by atoms with Crippen LogP contribution in [0.4, 0.5) is 5.69 Å². The summed E-state index contributed by atoms with van der Waals surface area (Å²) in [5, 5.41) is 2.98. The topological polar surface area (TPSA) is 84.8 Å². The van der Waals surface area contributed by atoms with E-state index in [-0.39, 0.29) is 5.91 Å². The molecule has 0 atom stereocenters. The summed E-state index contributed by atoms with van der Waals surface area (Å²) >= 11 is 0. The summed E-state index contributed by atoms with van der Waals surface area (Å²) in [7, 11) is 1.60. The van der Waals surface area contributed by atoms with Gasteiger partial charge in [-0.3, -0.25) is 4.79 Å². The zero-order valence-electron chi connectivity index (χ0n) is 14.8. The van der Waals surface area contributed by atoms with Gasteiger partial charge in [0.25, 0.3) is 0 Å². The number of nitrogens with zero attached hydrogens (tertiary/aromatic N) is 3. The molecule has 4 aromatic rings. The number of nitrogens with one attached hydrogen (secondary N) is 2. The zero-order valence-corrected chi connectivity index (χ0v) is 14.8. The number of methoxy groups -OCH3 is 1. The van der Waals surface area contributed by atoms with Crippen LogP contribution in [-0.2, 0) is 11.2 Å². The van der Waals surface area contributed by atoms with E-state index in [1.165, 1.54) is 0 Å². The van der Waals surface area contributed by atoms with E-state index in [4.69, 9.17) is 4.74 Å². The minimum Gasteiger partial charge on any atom is -0.497 e. The first-order chi connectivity index (χ1) is 13.2. The van der Waals surface area contributed by atoms with E-state index in [1.807, 2.05) is 59.4 Å². The summed E-state index contributed by atoms with van der Waals surface area (Å²) in [5.41, 5.74) is 3.11. The molecule has 7 heteroatoms. The van der Waals surface area contributed by atoms with Crippen LogP contribution in [0.2, 0.25) is 0 Å². The maximum atomic E-state index is 12.5. The number of carbonyl (C=O) groups is 1. The monoisotopic (exact) mass is 361 g/mol. The summed E-state index contributed by atoms with van der Waals surface area (Å²) < 4.78 is 7.23. The van der Waals surface area contributed by atoms with Gasteiger partial charge in [0.15, 0.2) is 5.65 Å². The van der Waals surface area contributed by atoms with Crippen molar-refractivity contribution < 1.29 is 9.53 Å². The summed E-state index contributed by atoms with van der Waals surface area (Å²) in [6.45, 7) is 0. The van der Waals surface area contributed by atoms with E-state index in [0.29, 0.717) is 29.9 Å². The standard InChI is InChI=1S/C20H19N5O2/c1-27-14-6-7-17(25-11-2-3-12-25)16(13-14)23-19(26)9-8-18-22-15-5-4-10-21-20(15)24-18/h2-7,10-13H,8-9H2,1H3,(H,23,26)(H,21,22,24). The molecule has 0 aliphatic carbocycles. The van der Waals surface area contributed by atoms with Gasteiger partial charge in [-0.1, -0.05) is 0 Å². The van der Waals surface area contributed by atoms with Crippen molar-refractivity contribution in [3.05, 3.63) is 66.9 Å². The summed E-state index contributed by atoms with van der Waals surface area (Å²) in [6.07, 6.45) is 6.37. The number of amides is 1. The number of rotatable bonds is 6. The normalized spacial score (nSPS) is 10.9.